The van der Waals surface area contributed by atoms with Gasteiger partial charge in [-0.3, -0.25) is 0 Å². The van der Waals surface area contributed by atoms with Crippen molar-refractivity contribution < 1.29 is 9.13 Å². The van der Waals surface area contributed by atoms with E-state index in [0.717, 1.165) is 10.2 Å². The Kier molecular flexibility index (Phi) is 5.52. The van der Waals surface area contributed by atoms with Crippen LogP contribution in [-0.2, 0) is 0 Å². The maximum atomic E-state index is 13.2. The van der Waals surface area contributed by atoms with Gasteiger partial charge < -0.3 is 10.1 Å². The average Bonchev–Trinajstić information content (AvgIpc) is 2.41. The molecule has 6 heteroatoms. The van der Waals surface area contributed by atoms with Gasteiger partial charge in [0.25, 0.3) is 0 Å². The van der Waals surface area contributed by atoms with Crippen LogP contribution in [-0.4, -0.2) is 13.2 Å². The van der Waals surface area contributed by atoms with Crippen molar-refractivity contribution in [3.05, 3.63) is 56.7 Å². The monoisotopic (exact) mass is 377 g/mol. The number of anilines is 1. The van der Waals surface area contributed by atoms with Crippen LogP contribution in [0.25, 0.3) is 0 Å². The number of rotatable bonds is 5. The molecule has 0 saturated heterocycles. The summed E-state index contributed by atoms with van der Waals surface area (Å²) in [5.74, 6) is 0.167. The Bertz CT molecular complexity index is 586. The molecule has 106 valence electrons. The molecule has 0 aliphatic rings. The molecule has 0 aliphatic heterocycles. The van der Waals surface area contributed by atoms with E-state index in [0.29, 0.717) is 18.8 Å². The number of benzene rings is 2. The van der Waals surface area contributed by atoms with Crippen molar-refractivity contribution in [2.75, 3.05) is 18.5 Å². The average molecular weight is 379 g/mol. The molecule has 20 heavy (non-hydrogen) atoms. The van der Waals surface area contributed by atoms with Crippen LogP contribution < -0.4 is 10.1 Å². The third kappa shape index (κ3) is 4.27. The van der Waals surface area contributed by atoms with Gasteiger partial charge in [-0.15, -0.1) is 0 Å². The molecule has 0 aromatic heterocycles. The first-order chi connectivity index (χ1) is 9.56. The predicted molar refractivity (Wildman–Crippen MR) is 84.5 cm³/mol. The SMILES string of the molecule is Fc1c(Cl)cc(NCCOc2cccc(Br)c2)cc1Cl. The van der Waals surface area contributed by atoms with E-state index in [2.05, 4.69) is 21.2 Å². The van der Waals surface area contributed by atoms with Crippen LogP contribution in [0, 0.1) is 5.82 Å². The third-order valence-corrected chi connectivity index (χ3v) is 3.52. The molecule has 1 N–H and O–H groups in total. The van der Waals surface area contributed by atoms with E-state index >= 15 is 0 Å². The van der Waals surface area contributed by atoms with Crippen molar-refractivity contribution in [1.82, 2.24) is 0 Å². The van der Waals surface area contributed by atoms with E-state index in [9.17, 15) is 4.39 Å². The van der Waals surface area contributed by atoms with Crippen LogP contribution in [0.3, 0.4) is 0 Å². The lowest BCUT2D eigenvalue weighted by molar-refractivity contribution is 0.332. The van der Waals surface area contributed by atoms with Crippen LogP contribution in [0.2, 0.25) is 10.0 Å². The van der Waals surface area contributed by atoms with Gasteiger partial charge in [0.1, 0.15) is 12.4 Å². The minimum Gasteiger partial charge on any atom is -0.492 e. The van der Waals surface area contributed by atoms with Crippen LogP contribution in [0.4, 0.5) is 10.1 Å². The molecule has 0 bridgehead atoms. The summed E-state index contributed by atoms with van der Waals surface area (Å²) in [5, 5.41) is 3.05. The highest BCUT2D eigenvalue weighted by Crippen LogP contribution is 2.27. The van der Waals surface area contributed by atoms with Gasteiger partial charge in [-0.25, -0.2) is 4.39 Å². The van der Waals surface area contributed by atoms with Crippen molar-refractivity contribution in [3.63, 3.8) is 0 Å². The summed E-state index contributed by atoms with van der Waals surface area (Å²) >= 11 is 14.8. The zero-order valence-corrected chi connectivity index (χ0v) is 13.4. The molecular formula is C14H11BrCl2FNO. The van der Waals surface area contributed by atoms with E-state index in [4.69, 9.17) is 27.9 Å². The summed E-state index contributed by atoms with van der Waals surface area (Å²) in [4.78, 5) is 0. The quantitative estimate of drug-likeness (QED) is 0.556. The lowest BCUT2D eigenvalue weighted by Gasteiger charge is -2.10. The molecule has 0 heterocycles. The Balaban J connectivity index is 1.84. The predicted octanol–water partition coefficient (Wildman–Crippen LogP) is 5.39. The Morgan fingerprint density at radius 3 is 2.50 bits per heavy atom. The topological polar surface area (TPSA) is 21.3 Å². The van der Waals surface area contributed by atoms with Crippen molar-refractivity contribution >= 4 is 44.8 Å². The Hall–Kier alpha value is -0.970. The number of ether oxygens (including phenoxy) is 1. The zero-order valence-electron chi connectivity index (χ0n) is 10.3. The lowest BCUT2D eigenvalue weighted by Crippen LogP contribution is -2.11. The summed E-state index contributed by atoms with van der Waals surface area (Å²) < 4.78 is 19.8. The van der Waals surface area contributed by atoms with Gasteiger partial charge in [0.15, 0.2) is 5.82 Å². The zero-order chi connectivity index (χ0) is 14.5. The van der Waals surface area contributed by atoms with Crippen molar-refractivity contribution in [2.45, 2.75) is 0 Å². The first-order valence-electron chi connectivity index (χ1n) is 5.83. The van der Waals surface area contributed by atoms with Gasteiger partial charge >= 0.3 is 0 Å². The number of hydrogen-bond acceptors (Lipinski definition) is 2. The Labute approximate surface area is 135 Å². The van der Waals surface area contributed by atoms with Gasteiger partial charge in [0.05, 0.1) is 10.0 Å². The fourth-order valence-electron chi connectivity index (χ4n) is 1.58. The van der Waals surface area contributed by atoms with Crippen molar-refractivity contribution in [3.8, 4) is 5.75 Å². The van der Waals surface area contributed by atoms with Crippen LogP contribution in [0.5, 0.6) is 5.75 Å². The normalized spacial score (nSPS) is 10.4. The van der Waals surface area contributed by atoms with Gasteiger partial charge in [0.2, 0.25) is 0 Å². The Morgan fingerprint density at radius 1 is 1.15 bits per heavy atom. The number of halogens is 4. The summed E-state index contributed by atoms with van der Waals surface area (Å²) in [6.45, 7) is 1.01. The highest BCUT2D eigenvalue weighted by Gasteiger charge is 2.07. The van der Waals surface area contributed by atoms with Crippen molar-refractivity contribution in [1.29, 1.82) is 0 Å². The molecule has 0 radical (unpaired) electrons. The van der Waals surface area contributed by atoms with Crippen molar-refractivity contribution in [2.24, 2.45) is 0 Å². The van der Waals surface area contributed by atoms with E-state index in [1.165, 1.54) is 12.1 Å². The molecule has 0 saturated carbocycles. The van der Waals surface area contributed by atoms with Crippen LogP contribution in [0.1, 0.15) is 0 Å². The first kappa shape index (κ1) is 15.4. The van der Waals surface area contributed by atoms with Gasteiger partial charge in [-0.05, 0) is 30.3 Å². The largest absolute Gasteiger partial charge is 0.492 e. The van der Waals surface area contributed by atoms with Gasteiger partial charge in [-0.2, -0.15) is 0 Å². The van der Waals surface area contributed by atoms with E-state index in [1.807, 2.05) is 24.3 Å². The lowest BCUT2D eigenvalue weighted by atomic mass is 10.3. The summed E-state index contributed by atoms with van der Waals surface area (Å²) in [6, 6.07) is 10.5. The molecule has 2 aromatic rings. The second-order valence-corrected chi connectivity index (χ2v) is 5.72. The van der Waals surface area contributed by atoms with Crippen LogP contribution in [0.15, 0.2) is 40.9 Å². The maximum absolute atomic E-state index is 13.2. The minimum absolute atomic E-state index is 0.00657. The summed E-state index contributed by atoms with van der Waals surface area (Å²) in [5.41, 5.74) is 0.652. The number of hydrogen-bond donors (Lipinski definition) is 1. The molecule has 2 aromatic carbocycles. The highest BCUT2D eigenvalue weighted by atomic mass is 79.9. The van der Waals surface area contributed by atoms with Crippen LogP contribution >= 0.6 is 39.1 Å². The van der Waals surface area contributed by atoms with Gasteiger partial charge in [-0.1, -0.05) is 45.2 Å². The first-order valence-corrected chi connectivity index (χ1v) is 7.38. The fourth-order valence-corrected chi connectivity index (χ4v) is 2.44. The van der Waals surface area contributed by atoms with E-state index in [-0.39, 0.29) is 10.0 Å². The molecular weight excluding hydrogens is 368 g/mol. The summed E-state index contributed by atoms with van der Waals surface area (Å²) in [7, 11) is 0. The molecule has 0 atom stereocenters. The maximum Gasteiger partial charge on any atom is 0.160 e. The molecule has 2 nitrogen and oxygen atoms in total. The summed E-state index contributed by atoms with van der Waals surface area (Å²) in [6.07, 6.45) is 0. The second-order valence-electron chi connectivity index (χ2n) is 3.99. The second kappa shape index (κ2) is 7.16. The molecule has 0 aliphatic carbocycles. The molecule has 0 amide bonds. The van der Waals surface area contributed by atoms with E-state index < -0.39 is 5.82 Å². The Morgan fingerprint density at radius 2 is 1.85 bits per heavy atom. The molecule has 0 fully saturated rings. The van der Waals surface area contributed by atoms with Gasteiger partial charge in [0, 0.05) is 16.7 Å². The molecule has 2 rings (SSSR count). The molecule has 0 unspecified atom stereocenters. The smallest absolute Gasteiger partial charge is 0.160 e. The fraction of sp³-hybridized carbons (Fsp3) is 0.143. The third-order valence-electron chi connectivity index (χ3n) is 2.48. The minimum atomic E-state index is -0.607. The number of nitrogens with one attached hydrogen (secondary N) is 1. The highest BCUT2D eigenvalue weighted by molar-refractivity contribution is 9.10. The molecule has 0 spiro atoms. The standard InChI is InChI=1S/C14H11BrCl2FNO/c15-9-2-1-3-11(6-9)20-5-4-19-10-7-12(16)14(18)13(17)8-10/h1-3,6-8,19H,4-5H2. The van der Waals surface area contributed by atoms with E-state index in [1.54, 1.807) is 0 Å².